The topological polar surface area (TPSA) is 101 Å². The van der Waals surface area contributed by atoms with Gasteiger partial charge < -0.3 is 18.8 Å². The molecule has 0 spiro atoms. The number of nitrogens with zero attached hydrogens (tertiary/aromatic N) is 5. The second-order valence-electron chi connectivity index (χ2n) is 16.4. The largest absolute Gasteiger partial charge is 0.494 e. The normalized spacial score (nSPS) is 19.5. The maximum atomic E-state index is 13.2. The zero-order valence-electron chi connectivity index (χ0n) is 30.2. The van der Waals surface area contributed by atoms with Crippen LogP contribution >= 0.6 is 0 Å². The number of ether oxygens (including phenoxy) is 2. The Morgan fingerprint density at radius 1 is 1.02 bits per heavy atom. The number of carbonyl (C=O) groups excluding carboxylic acids is 1. The average molecular weight is 672 g/mol. The predicted octanol–water partition coefficient (Wildman–Crippen LogP) is 7.33. The second kappa shape index (κ2) is 12.5. The van der Waals surface area contributed by atoms with Crippen LogP contribution in [0.4, 0.5) is 4.79 Å². The van der Waals surface area contributed by atoms with E-state index in [0.717, 1.165) is 52.2 Å². The fourth-order valence-corrected chi connectivity index (χ4v) is 6.85. The van der Waals surface area contributed by atoms with Crippen LogP contribution in [0, 0.1) is 0 Å². The first-order valence-electron chi connectivity index (χ1n) is 17.1. The Bertz CT molecular complexity index is 1810. The Hall–Kier alpha value is -3.32. The molecule has 4 aromatic rings. The highest BCUT2D eigenvalue weighted by atomic mass is 28.3. The summed E-state index contributed by atoms with van der Waals surface area (Å²) >= 11 is 0. The lowest BCUT2D eigenvalue weighted by Crippen LogP contribution is -2.41. The second-order valence-corrected chi connectivity index (χ2v) is 22.0. The van der Waals surface area contributed by atoms with E-state index in [1.54, 1.807) is 11.1 Å². The minimum atomic E-state index is -1.27. The van der Waals surface area contributed by atoms with Gasteiger partial charge in [-0.15, -0.1) is 0 Å². The van der Waals surface area contributed by atoms with E-state index in [1.165, 1.54) is 0 Å². The number of benzene rings is 2. The number of imidazole rings is 1. The van der Waals surface area contributed by atoms with Crippen LogP contribution in [0.25, 0.3) is 33.3 Å². The van der Waals surface area contributed by atoms with Gasteiger partial charge in [-0.1, -0.05) is 50.0 Å². The molecular formula is C36H50BN5O5Si. The first-order chi connectivity index (χ1) is 22.4. The minimum Gasteiger partial charge on any atom is -0.444 e. The van der Waals surface area contributed by atoms with Crippen molar-refractivity contribution in [1.29, 1.82) is 0 Å². The van der Waals surface area contributed by atoms with Crippen molar-refractivity contribution >= 4 is 48.8 Å². The highest BCUT2D eigenvalue weighted by Gasteiger charge is 2.51. The van der Waals surface area contributed by atoms with Crippen molar-refractivity contribution in [2.24, 2.45) is 0 Å². The number of likely N-dealkylation sites (tertiary alicyclic amines) is 1. The number of aromatic nitrogens is 4. The van der Waals surface area contributed by atoms with Gasteiger partial charge in [0.15, 0.2) is 11.3 Å². The lowest BCUT2D eigenvalue weighted by Gasteiger charge is -2.32. The summed E-state index contributed by atoms with van der Waals surface area (Å²) in [4.78, 5) is 29.9. The van der Waals surface area contributed by atoms with Gasteiger partial charge in [0.25, 0.3) is 0 Å². The fraction of sp³-hybridized carbons (Fsp3) is 0.556. The van der Waals surface area contributed by atoms with Crippen LogP contribution in [0.3, 0.4) is 0 Å². The van der Waals surface area contributed by atoms with Gasteiger partial charge in [0, 0.05) is 26.8 Å². The van der Waals surface area contributed by atoms with Crippen LogP contribution in [-0.4, -0.2) is 75.7 Å². The molecule has 2 aromatic carbocycles. The van der Waals surface area contributed by atoms with Crippen LogP contribution in [0.5, 0.6) is 0 Å². The lowest BCUT2D eigenvalue weighted by atomic mass is 9.78. The molecule has 12 heteroatoms. The molecule has 0 N–H and O–H groups in total. The zero-order chi connectivity index (χ0) is 34.6. The number of hydrogen-bond acceptors (Lipinski definition) is 8. The van der Waals surface area contributed by atoms with Gasteiger partial charge in [0.1, 0.15) is 18.2 Å². The Labute approximate surface area is 285 Å². The van der Waals surface area contributed by atoms with E-state index in [9.17, 15) is 4.79 Å². The van der Waals surface area contributed by atoms with Crippen molar-refractivity contribution in [1.82, 2.24) is 24.4 Å². The maximum absolute atomic E-state index is 13.2. The summed E-state index contributed by atoms with van der Waals surface area (Å²) < 4.78 is 26.5. The van der Waals surface area contributed by atoms with Crippen molar-refractivity contribution in [3.63, 3.8) is 0 Å². The van der Waals surface area contributed by atoms with E-state index in [1.807, 2.05) is 25.3 Å². The maximum Gasteiger partial charge on any atom is 0.494 e. The van der Waals surface area contributed by atoms with Crippen molar-refractivity contribution in [2.75, 3.05) is 13.2 Å². The first kappa shape index (κ1) is 34.5. The van der Waals surface area contributed by atoms with E-state index < -0.39 is 32.0 Å². The van der Waals surface area contributed by atoms with Gasteiger partial charge in [-0.3, -0.25) is 9.47 Å². The number of amides is 1. The summed E-state index contributed by atoms with van der Waals surface area (Å²) in [7, 11) is -1.68. The summed E-state index contributed by atoms with van der Waals surface area (Å²) in [5, 5.41) is 2.17. The molecule has 48 heavy (non-hydrogen) atoms. The fourth-order valence-electron chi connectivity index (χ4n) is 6.09. The Morgan fingerprint density at radius 3 is 2.40 bits per heavy atom. The van der Waals surface area contributed by atoms with Crippen LogP contribution in [0.15, 0.2) is 42.6 Å². The molecule has 2 saturated heterocycles. The third kappa shape index (κ3) is 7.17. The molecule has 10 nitrogen and oxygen atoms in total. The molecule has 1 amide bonds. The number of hydrogen-bond donors (Lipinski definition) is 0. The van der Waals surface area contributed by atoms with E-state index in [0.29, 0.717) is 31.2 Å². The van der Waals surface area contributed by atoms with E-state index in [-0.39, 0.29) is 12.1 Å². The number of fused-ring (bicyclic) bond motifs is 2. The third-order valence-corrected chi connectivity index (χ3v) is 11.3. The van der Waals surface area contributed by atoms with Crippen molar-refractivity contribution in [2.45, 2.75) is 117 Å². The summed E-state index contributed by atoms with van der Waals surface area (Å²) in [5.41, 5.74) is 2.46. The van der Waals surface area contributed by atoms with Crippen LogP contribution in [-0.2, 0) is 25.5 Å². The molecule has 2 aromatic heterocycles. The quantitative estimate of drug-likeness (QED) is 0.142. The molecule has 4 heterocycles. The highest BCUT2D eigenvalue weighted by Crippen LogP contribution is 2.37. The Morgan fingerprint density at radius 2 is 1.71 bits per heavy atom. The number of rotatable bonds is 8. The number of carbonyl (C=O) groups is 1. The molecule has 2 aliphatic heterocycles. The average Bonchev–Trinajstić information content (AvgIpc) is 3.66. The van der Waals surface area contributed by atoms with Gasteiger partial charge in [-0.05, 0) is 89.7 Å². The van der Waals surface area contributed by atoms with Gasteiger partial charge in [0.2, 0.25) is 0 Å². The lowest BCUT2D eigenvalue weighted by molar-refractivity contribution is 0.00578. The minimum absolute atomic E-state index is 0.251. The predicted molar refractivity (Wildman–Crippen MR) is 193 cm³/mol. The molecular weight excluding hydrogens is 621 g/mol. The van der Waals surface area contributed by atoms with Crippen LogP contribution in [0.2, 0.25) is 25.7 Å². The van der Waals surface area contributed by atoms with Crippen molar-refractivity contribution in [3.8, 4) is 11.3 Å². The van der Waals surface area contributed by atoms with E-state index in [2.05, 4.69) is 83.7 Å². The molecule has 256 valence electrons. The van der Waals surface area contributed by atoms with Gasteiger partial charge in [-0.2, -0.15) is 0 Å². The summed E-state index contributed by atoms with van der Waals surface area (Å²) in [5.74, 6) is 0.729. The van der Waals surface area contributed by atoms with Gasteiger partial charge >= 0.3 is 13.2 Å². The van der Waals surface area contributed by atoms with E-state index >= 15 is 0 Å². The highest BCUT2D eigenvalue weighted by molar-refractivity contribution is 6.76. The molecule has 2 aliphatic rings. The smallest absolute Gasteiger partial charge is 0.444 e. The van der Waals surface area contributed by atoms with Crippen LogP contribution in [0.1, 0.15) is 73.2 Å². The molecule has 2 fully saturated rings. The molecule has 6 rings (SSSR count). The first-order valence-corrected chi connectivity index (χ1v) is 20.8. The summed E-state index contributed by atoms with van der Waals surface area (Å²) in [6.45, 7) is 22.5. The van der Waals surface area contributed by atoms with Crippen molar-refractivity contribution in [3.05, 3.63) is 48.4 Å². The Balaban J connectivity index is 1.31. The summed E-state index contributed by atoms with van der Waals surface area (Å²) in [6, 6.07) is 13.4. The third-order valence-electron chi connectivity index (χ3n) is 9.57. The molecule has 0 aliphatic carbocycles. The standard InChI is InChI=1S/C36H50BN5O5Si/c1-34(2,3)45-33(43)41-17-11-12-29(41)31-40-30-32(42(31)23-44-18-19-48(8,9)10)38-22-28(39-30)26-14-13-25-21-27(16-15-24(25)20-26)37-46-35(4,5)36(6,7)47-37/h13-16,20-22,29H,11-12,17-19,23H2,1-10H3. The molecule has 0 bridgehead atoms. The van der Waals surface area contributed by atoms with Crippen molar-refractivity contribution < 1.29 is 23.6 Å². The molecule has 1 unspecified atom stereocenters. The summed E-state index contributed by atoms with van der Waals surface area (Å²) in [6.07, 6.45) is 3.11. The molecule has 1 atom stereocenters. The van der Waals surface area contributed by atoms with E-state index in [4.69, 9.17) is 33.7 Å². The monoisotopic (exact) mass is 671 g/mol. The van der Waals surface area contributed by atoms with Gasteiger partial charge in [0.05, 0.1) is 29.1 Å². The molecule has 0 radical (unpaired) electrons. The molecule has 0 saturated carbocycles. The van der Waals surface area contributed by atoms with Gasteiger partial charge in [-0.25, -0.2) is 19.7 Å². The SMILES string of the molecule is CC(C)(C)OC(=O)N1CCCC1c1nc2nc(-c3ccc4cc(B5OC(C)(C)C(C)(C)O5)ccc4c3)cnc2n1COCC[Si](C)(C)C. The van der Waals surface area contributed by atoms with Crippen LogP contribution < -0.4 is 5.46 Å². The zero-order valence-corrected chi connectivity index (χ0v) is 31.2. The Kier molecular flexibility index (Phi) is 9.02.